The summed E-state index contributed by atoms with van der Waals surface area (Å²) in [6.07, 6.45) is 1.83. The number of rotatable bonds is 1. The first-order chi connectivity index (χ1) is 6.42. The van der Waals surface area contributed by atoms with E-state index in [1.54, 1.807) is 0 Å². The molecule has 0 atom stereocenters. The first-order valence-electron chi connectivity index (χ1n) is 5.25. The third-order valence-corrected chi connectivity index (χ3v) is 2.99. The fraction of sp³-hybridized carbons (Fsp3) is 0.538. The van der Waals surface area contributed by atoms with Crippen molar-refractivity contribution in [2.75, 3.05) is 0 Å². The lowest BCUT2D eigenvalue weighted by Gasteiger charge is -2.20. The van der Waals surface area contributed by atoms with Crippen molar-refractivity contribution in [3.05, 3.63) is 35.4 Å². The molecule has 1 saturated carbocycles. The van der Waals surface area contributed by atoms with Crippen LogP contribution in [-0.2, 0) is 11.0 Å². The van der Waals surface area contributed by atoms with Gasteiger partial charge in [0.1, 0.15) is 0 Å². The van der Waals surface area contributed by atoms with Gasteiger partial charge in [-0.3, -0.25) is 0 Å². The molecule has 0 heterocycles. The van der Waals surface area contributed by atoms with Crippen molar-refractivity contribution < 1.29 is 5.11 Å². The van der Waals surface area contributed by atoms with Crippen molar-refractivity contribution in [2.45, 2.75) is 44.6 Å². The van der Waals surface area contributed by atoms with Crippen LogP contribution in [0.2, 0.25) is 0 Å². The Bertz CT molecular complexity index is 322. The number of hydrogen-bond donors (Lipinski definition) is 1. The second-order valence-corrected chi connectivity index (χ2v) is 5.36. The molecule has 1 N–H and O–H groups in total. The highest BCUT2D eigenvalue weighted by Crippen LogP contribution is 2.45. The van der Waals surface area contributed by atoms with Crippen LogP contribution in [0.25, 0.3) is 0 Å². The first kappa shape index (κ1) is 9.72. The number of benzene rings is 1. The molecular weight excluding hydrogens is 172 g/mol. The molecular formula is C13H18O. The van der Waals surface area contributed by atoms with Crippen LogP contribution >= 0.6 is 0 Å². The Kier molecular flexibility index (Phi) is 1.97. The van der Waals surface area contributed by atoms with E-state index in [9.17, 15) is 5.11 Å². The van der Waals surface area contributed by atoms with Gasteiger partial charge in [-0.15, -0.1) is 0 Å². The van der Waals surface area contributed by atoms with Crippen molar-refractivity contribution in [2.24, 2.45) is 0 Å². The molecule has 1 nitrogen and oxygen atoms in total. The minimum atomic E-state index is -0.499. The Labute approximate surface area is 85.8 Å². The summed E-state index contributed by atoms with van der Waals surface area (Å²) in [5.41, 5.74) is 2.06. The van der Waals surface area contributed by atoms with Crippen LogP contribution in [0, 0.1) is 0 Å². The summed E-state index contributed by atoms with van der Waals surface area (Å²) in [5.74, 6) is 0. The Balaban J connectivity index is 2.37. The molecule has 0 spiro atoms. The Morgan fingerprint density at radius 3 is 2.36 bits per heavy atom. The van der Waals surface area contributed by atoms with E-state index in [4.69, 9.17) is 0 Å². The van der Waals surface area contributed by atoms with E-state index in [0.717, 1.165) is 18.4 Å². The highest BCUT2D eigenvalue weighted by molar-refractivity contribution is 5.34. The minimum Gasteiger partial charge on any atom is -0.385 e. The maximum Gasteiger partial charge on any atom is 0.0899 e. The molecule has 0 unspecified atom stereocenters. The van der Waals surface area contributed by atoms with Gasteiger partial charge in [0, 0.05) is 0 Å². The average Bonchev–Trinajstić information content (AvgIpc) is 2.84. The smallest absolute Gasteiger partial charge is 0.0899 e. The van der Waals surface area contributed by atoms with Gasteiger partial charge in [0.2, 0.25) is 0 Å². The van der Waals surface area contributed by atoms with Gasteiger partial charge in [0.15, 0.2) is 0 Å². The molecule has 0 bridgehead atoms. The summed E-state index contributed by atoms with van der Waals surface area (Å²) in [4.78, 5) is 0. The summed E-state index contributed by atoms with van der Waals surface area (Å²) < 4.78 is 0. The Morgan fingerprint density at radius 2 is 1.86 bits per heavy atom. The van der Waals surface area contributed by atoms with Gasteiger partial charge in [0.25, 0.3) is 0 Å². The summed E-state index contributed by atoms with van der Waals surface area (Å²) >= 11 is 0. The maximum atomic E-state index is 9.99. The predicted octanol–water partition coefficient (Wildman–Crippen LogP) is 2.97. The zero-order chi connectivity index (χ0) is 10.4. The van der Waals surface area contributed by atoms with Crippen LogP contribution in [0.1, 0.15) is 44.7 Å². The van der Waals surface area contributed by atoms with Gasteiger partial charge in [-0.1, -0.05) is 45.0 Å². The van der Waals surface area contributed by atoms with Crippen LogP contribution in [0.15, 0.2) is 24.3 Å². The van der Waals surface area contributed by atoms with Crippen LogP contribution in [0.5, 0.6) is 0 Å². The van der Waals surface area contributed by atoms with E-state index in [-0.39, 0.29) is 5.41 Å². The number of hydrogen-bond acceptors (Lipinski definition) is 1. The molecule has 0 saturated heterocycles. The van der Waals surface area contributed by atoms with Crippen molar-refractivity contribution in [3.8, 4) is 0 Å². The Hall–Kier alpha value is -0.820. The molecule has 0 aliphatic heterocycles. The van der Waals surface area contributed by atoms with Crippen LogP contribution in [0.4, 0.5) is 0 Å². The summed E-state index contributed by atoms with van der Waals surface area (Å²) in [6.45, 7) is 6.59. The zero-order valence-electron chi connectivity index (χ0n) is 9.17. The van der Waals surface area contributed by atoms with Crippen molar-refractivity contribution >= 4 is 0 Å². The van der Waals surface area contributed by atoms with E-state index >= 15 is 0 Å². The molecule has 0 radical (unpaired) electrons. The first-order valence-corrected chi connectivity index (χ1v) is 5.25. The molecule has 1 aliphatic rings. The summed E-state index contributed by atoms with van der Waals surface area (Å²) in [7, 11) is 0. The van der Waals surface area contributed by atoms with E-state index in [1.807, 2.05) is 12.1 Å². The molecule has 1 aliphatic carbocycles. The van der Waals surface area contributed by atoms with Crippen molar-refractivity contribution in [1.29, 1.82) is 0 Å². The topological polar surface area (TPSA) is 20.2 Å². The van der Waals surface area contributed by atoms with E-state index in [1.165, 1.54) is 5.56 Å². The third kappa shape index (κ3) is 1.69. The van der Waals surface area contributed by atoms with Gasteiger partial charge in [-0.05, 0) is 29.4 Å². The van der Waals surface area contributed by atoms with Gasteiger partial charge in [0.05, 0.1) is 5.60 Å². The van der Waals surface area contributed by atoms with Crippen molar-refractivity contribution in [1.82, 2.24) is 0 Å². The molecule has 2 rings (SSSR count). The second kappa shape index (κ2) is 2.83. The van der Waals surface area contributed by atoms with E-state index in [0.29, 0.717) is 0 Å². The molecule has 1 fully saturated rings. The lowest BCUT2D eigenvalue weighted by atomic mass is 9.85. The standard InChI is InChI=1S/C13H18O/c1-12(2,3)10-5-4-6-11(9-10)13(14)7-8-13/h4-6,9,14H,7-8H2,1-3H3. The molecule has 0 amide bonds. The number of aliphatic hydroxyl groups is 1. The molecule has 14 heavy (non-hydrogen) atoms. The van der Waals surface area contributed by atoms with Crippen molar-refractivity contribution in [3.63, 3.8) is 0 Å². The monoisotopic (exact) mass is 190 g/mol. The lowest BCUT2D eigenvalue weighted by molar-refractivity contribution is 0.151. The predicted molar refractivity (Wildman–Crippen MR) is 58.3 cm³/mol. The van der Waals surface area contributed by atoms with E-state index in [2.05, 4.69) is 32.9 Å². The molecule has 1 aromatic rings. The van der Waals surface area contributed by atoms with Gasteiger partial charge < -0.3 is 5.11 Å². The maximum absolute atomic E-state index is 9.99. The molecule has 1 heteroatoms. The fourth-order valence-corrected chi connectivity index (χ4v) is 1.68. The summed E-state index contributed by atoms with van der Waals surface area (Å²) in [6, 6.07) is 8.36. The zero-order valence-corrected chi connectivity index (χ0v) is 9.17. The minimum absolute atomic E-state index is 0.168. The average molecular weight is 190 g/mol. The van der Waals surface area contributed by atoms with Crippen LogP contribution in [-0.4, -0.2) is 5.11 Å². The Morgan fingerprint density at radius 1 is 1.21 bits per heavy atom. The van der Waals surface area contributed by atoms with Gasteiger partial charge in [-0.25, -0.2) is 0 Å². The molecule has 0 aromatic heterocycles. The second-order valence-electron chi connectivity index (χ2n) is 5.36. The largest absolute Gasteiger partial charge is 0.385 e. The van der Waals surface area contributed by atoms with Gasteiger partial charge in [-0.2, -0.15) is 0 Å². The van der Waals surface area contributed by atoms with Crippen LogP contribution in [0.3, 0.4) is 0 Å². The quantitative estimate of drug-likeness (QED) is 0.721. The molecule has 76 valence electrons. The summed E-state index contributed by atoms with van der Waals surface area (Å²) in [5, 5.41) is 9.99. The lowest BCUT2D eigenvalue weighted by Crippen LogP contribution is -2.13. The highest BCUT2D eigenvalue weighted by atomic mass is 16.3. The van der Waals surface area contributed by atoms with E-state index < -0.39 is 5.60 Å². The SMILES string of the molecule is CC(C)(C)c1cccc(C2(O)CC2)c1. The van der Waals surface area contributed by atoms with Crippen LogP contribution < -0.4 is 0 Å². The van der Waals surface area contributed by atoms with Gasteiger partial charge >= 0.3 is 0 Å². The highest BCUT2D eigenvalue weighted by Gasteiger charge is 2.42. The molecule has 1 aromatic carbocycles. The third-order valence-electron chi connectivity index (χ3n) is 2.99. The normalized spacial score (nSPS) is 19.4. The fourth-order valence-electron chi connectivity index (χ4n) is 1.68.